The summed E-state index contributed by atoms with van der Waals surface area (Å²) in [5, 5.41) is 11.9. The number of aliphatic carboxylic acids is 1. The highest BCUT2D eigenvalue weighted by Crippen LogP contribution is 2.39. The highest BCUT2D eigenvalue weighted by atomic mass is 32.2. The maximum absolute atomic E-state index is 13.5. The van der Waals surface area contributed by atoms with Gasteiger partial charge in [-0.1, -0.05) is 36.9 Å². The summed E-state index contributed by atoms with van der Waals surface area (Å²) in [5.74, 6) is -1.47. The lowest BCUT2D eigenvalue weighted by Crippen LogP contribution is -2.34. The minimum atomic E-state index is -1.20. The van der Waals surface area contributed by atoms with Crippen LogP contribution in [0.4, 0.5) is 0 Å². The highest BCUT2D eigenvalue weighted by Gasteiger charge is 2.33. The molecule has 0 radical (unpaired) electrons. The molecule has 146 valence electrons. The van der Waals surface area contributed by atoms with E-state index in [9.17, 15) is 14.7 Å². The van der Waals surface area contributed by atoms with Gasteiger partial charge in [-0.2, -0.15) is 0 Å². The minimum absolute atomic E-state index is 0.171. The van der Waals surface area contributed by atoms with E-state index in [1.54, 1.807) is 0 Å². The molecule has 0 fully saturated rings. The first-order valence-corrected chi connectivity index (χ1v) is 10.8. The maximum atomic E-state index is 13.5. The van der Waals surface area contributed by atoms with Gasteiger partial charge in [0.15, 0.2) is 5.16 Å². The predicted molar refractivity (Wildman–Crippen MR) is 108 cm³/mol. The van der Waals surface area contributed by atoms with E-state index in [1.807, 2.05) is 30.3 Å². The van der Waals surface area contributed by atoms with E-state index in [1.165, 1.54) is 15.9 Å². The SMILES string of the molecule is CC[C@]1(C)Cc2c(sc3nc(SCC(=O)[O-])n(-c4ccccc4)c(=O)c23)CO1. The van der Waals surface area contributed by atoms with Crippen molar-refractivity contribution in [1.82, 2.24) is 9.55 Å². The monoisotopic (exact) mass is 415 g/mol. The van der Waals surface area contributed by atoms with Crippen molar-refractivity contribution in [2.75, 3.05) is 5.75 Å². The number of aromatic nitrogens is 2. The van der Waals surface area contributed by atoms with Crippen molar-refractivity contribution in [3.63, 3.8) is 0 Å². The number of para-hydroxylation sites is 1. The minimum Gasteiger partial charge on any atom is -0.549 e. The van der Waals surface area contributed by atoms with Crippen LogP contribution in [0.25, 0.3) is 15.9 Å². The normalized spacial score (nSPS) is 18.9. The van der Waals surface area contributed by atoms with E-state index < -0.39 is 5.97 Å². The number of carbonyl (C=O) groups excluding carboxylic acids is 1. The van der Waals surface area contributed by atoms with Gasteiger partial charge in [0, 0.05) is 17.1 Å². The number of ether oxygens (including phenoxy) is 1. The van der Waals surface area contributed by atoms with Gasteiger partial charge in [0.1, 0.15) is 4.83 Å². The number of nitrogens with zero attached hydrogens (tertiary/aromatic N) is 2. The Morgan fingerprint density at radius 2 is 2.14 bits per heavy atom. The summed E-state index contributed by atoms with van der Waals surface area (Å²) < 4.78 is 7.52. The van der Waals surface area contributed by atoms with E-state index in [0.717, 1.165) is 28.6 Å². The molecule has 2 aromatic heterocycles. The average molecular weight is 416 g/mol. The highest BCUT2D eigenvalue weighted by molar-refractivity contribution is 7.99. The third-order valence-corrected chi connectivity index (χ3v) is 7.07. The number of benzene rings is 1. The molecule has 0 saturated heterocycles. The fourth-order valence-electron chi connectivity index (χ4n) is 3.35. The van der Waals surface area contributed by atoms with Crippen molar-refractivity contribution >= 4 is 39.3 Å². The number of fused-ring (bicyclic) bond motifs is 3. The summed E-state index contributed by atoms with van der Waals surface area (Å²) in [6.07, 6.45) is 1.51. The van der Waals surface area contributed by atoms with Crippen molar-refractivity contribution < 1.29 is 14.6 Å². The van der Waals surface area contributed by atoms with Gasteiger partial charge >= 0.3 is 0 Å². The Kier molecular flexibility index (Phi) is 5.03. The summed E-state index contributed by atoms with van der Waals surface area (Å²) in [6.45, 7) is 4.61. The summed E-state index contributed by atoms with van der Waals surface area (Å²) in [4.78, 5) is 30.8. The van der Waals surface area contributed by atoms with Gasteiger partial charge in [-0.25, -0.2) is 4.98 Å². The third-order valence-electron chi connectivity index (χ3n) is 5.06. The summed E-state index contributed by atoms with van der Waals surface area (Å²) in [5.41, 5.74) is 1.20. The first kappa shape index (κ1) is 19.2. The van der Waals surface area contributed by atoms with Crippen LogP contribution in [0.3, 0.4) is 0 Å². The van der Waals surface area contributed by atoms with Gasteiger partial charge in [-0.05, 0) is 31.0 Å². The Morgan fingerprint density at radius 3 is 2.82 bits per heavy atom. The molecular weight excluding hydrogens is 396 g/mol. The number of carboxylic acids is 1. The molecule has 0 unspecified atom stereocenters. The predicted octanol–water partition coefficient (Wildman–Crippen LogP) is 2.53. The van der Waals surface area contributed by atoms with E-state index in [2.05, 4.69) is 18.8 Å². The van der Waals surface area contributed by atoms with Gasteiger partial charge in [0.05, 0.1) is 29.3 Å². The quantitative estimate of drug-likeness (QED) is 0.470. The number of rotatable bonds is 5. The van der Waals surface area contributed by atoms with Crippen LogP contribution < -0.4 is 10.7 Å². The van der Waals surface area contributed by atoms with Gasteiger partial charge in [0.2, 0.25) is 0 Å². The van der Waals surface area contributed by atoms with Crippen LogP contribution in [0.2, 0.25) is 0 Å². The van der Waals surface area contributed by atoms with Gasteiger partial charge in [-0.3, -0.25) is 9.36 Å². The van der Waals surface area contributed by atoms with E-state index in [-0.39, 0.29) is 16.9 Å². The Balaban J connectivity index is 1.95. The van der Waals surface area contributed by atoms with Crippen LogP contribution in [0, 0.1) is 0 Å². The zero-order valence-electron chi connectivity index (χ0n) is 15.6. The molecule has 1 aliphatic heterocycles. The lowest BCUT2D eigenvalue weighted by Gasteiger charge is -2.32. The number of hydrogen-bond donors (Lipinski definition) is 0. The van der Waals surface area contributed by atoms with E-state index in [4.69, 9.17) is 4.74 Å². The molecule has 0 aliphatic carbocycles. The molecular formula is C20H19N2O4S2-. The van der Waals surface area contributed by atoms with Crippen molar-refractivity contribution in [2.24, 2.45) is 0 Å². The number of carboxylic acid groups (broad SMARTS) is 1. The standard InChI is InChI=1S/C20H20N2O4S2/c1-3-20(2)9-13-14(10-26-20)28-17-16(13)18(25)22(12-7-5-4-6-8-12)19(21-17)27-11-15(23)24/h4-8H,3,9-11H2,1-2H3,(H,23,24)/p-1/t20-/m1/s1. The zero-order valence-corrected chi connectivity index (χ0v) is 17.2. The molecule has 0 saturated carbocycles. The Hall–Kier alpha value is -2.16. The second-order valence-corrected chi connectivity index (χ2v) is 9.01. The van der Waals surface area contributed by atoms with Crippen LogP contribution in [0.15, 0.2) is 40.3 Å². The molecule has 3 aromatic rings. The van der Waals surface area contributed by atoms with Crippen LogP contribution in [0.1, 0.15) is 30.7 Å². The Labute approximate surface area is 170 Å². The molecule has 4 rings (SSSR count). The van der Waals surface area contributed by atoms with Crippen molar-refractivity contribution in [2.45, 2.75) is 44.1 Å². The zero-order chi connectivity index (χ0) is 19.9. The summed E-state index contributed by atoms with van der Waals surface area (Å²) in [6, 6.07) is 9.17. The van der Waals surface area contributed by atoms with Gasteiger partial charge < -0.3 is 14.6 Å². The number of thioether (sulfide) groups is 1. The Morgan fingerprint density at radius 1 is 1.39 bits per heavy atom. The third kappa shape index (κ3) is 3.36. The number of thiophene rings is 1. The molecule has 28 heavy (non-hydrogen) atoms. The first-order valence-electron chi connectivity index (χ1n) is 9.01. The number of hydrogen-bond acceptors (Lipinski definition) is 7. The molecule has 3 heterocycles. The van der Waals surface area contributed by atoms with Crippen LogP contribution in [0.5, 0.6) is 0 Å². The second-order valence-electron chi connectivity index (χ2n) is 6.98. The molecule has 0 N–H and O–H groups in total. The lowest BCUT2D eigenvalue weighted by molar-refractivity contribution is -0.301. The van der Waals surface area contributed by atoms with Crippen LogP contribution >= 0.6 is 23.1 Å². The largest absolute Gasteiger partial charge is 0.549 e. The van der Waals surface area contributed by atoms with Gasteiger partial charge in [-0.15, -0.1) is 11.3 Å². The van der Waals surface area contributed by atoms with Crippen molar-refractivity contribution in [1.29, 1.82) is 0 Å². The Bertz CT molecular complexity index is 1110. The maximum Gasteiger partial charge on any atom is 0.267 e. The molecule has 1 aromatic carbocycles. The van der Waals surface area contributed by atoms with E-state index in [0.29, 0.717) is 34.1 Å². The average Bonchev–Trinajstić information content (AvgIpc) is 3.04. The smallest absolute Gasteiger partial charge is 0.267 e. The molecule has 0 spiro atoms. The van der Waals surface area contributed by atoms with E-state index >= 15 is 0 Å². The second kappa shape index (κ2) is 7.35. The van der Waals surface area contributed by atoms with Crippen LogP contribution in [-0.2, 0) is 22.6 Å². The van der Waals surface area contributed by atoms with Crippen molar-refractivity contribution in [3.8, 4) is 5.69 Å². The summed E-state index contributed by atoms with van der Waals surface area (Å²) in [7, 11) is 0. The van der Waals surface area contributed by atoms with Crippen LogP contribution in [-0.4, -0.2) is 26.9 Å². The summed E-state index contributed by atoms with van der Waals surface area (Å²) >= 11 is 2.45. The molecule has 1 aliphatic rings. The fraction of sp³-hybridized carbons (Fsp3) is 0.350. The molecule has 0 bridgehead atoms. The topological polar surface area (TPSA) is 84.2 Å². The number of carbonyl (C=O) groups is 1. The fourth-order valence-corrected chi connectivity index (χ4v) is 5.22. The lowest BCUT2D eigenvalue weighted by atomic mass is 9.90. The molecule has 6 nitrogen and oxygen atoms in total. The molecule has 0 amide bonds. The van der Waals surface area contributed by atoms with Crippen molar-refractivity contribution in [3.05, 3.63) is 51.1 Å². The molecule has 1 atom stereocenters. The van der Waals surface area contributed by atoms with Gasteiger partial charge in [0.25, 0.3) is 5.56 Å². The first-order chi connectivity index (χ1) is 13.4. The molecule has 8 heteroatoms.